The molecule has 0 aliphatic heterocycles. The third kappa shape index (κ3) is 5.70. The van der Waals surface area contributed by atoms with Gasteiger partial charge in [0.05, 0.1) is 12.6 Å². The molecule has 5 heteroatoms. The Morgan fingerprint density at radius 1 is 1.38 bits per heavy atom. The van der Waals surface area contributed by atoms with E-state index in [-0.39, 0.29) is 18.4 Å². The number of carbonyl (C=O) groups excluding carboxylic acids is 2. The van der Waals surface area contributed by atoms with Crippen molar-refractivity contribution in [1.29, 1.82) is 0 Å². The predicted octanol–water partition coefficient (Wildman–Crippen LogP) is 0.0984. The molecule has 0 saturated carbocycles. The Morgan fingerprint density at radius 3 is 2.50 bits per heavy atom. The van der Waals surface area contributed by atoms with Gasteiger partial charge in [0.2, 0.25) is 11.8 Å². The summed E-state index contributed by atoms with van der Waals surface area (Å²) in [6.45, 7) is 4.54. The Hall–Kier alpha value is -1.10. The lowest BCUT2D eigenvalue weighted by atomic mass is 10.1. The Morgan fingerprint density at radius 2 is 2.00 bits per heavy atom. The molecular formula is C11H23N3O2. The molecule has 0 aliphatic carbocycles. The van der Waals surface area contributed by atoms with Crippen molar-refractivity contribution in [1.82, 2.24) is 10.2 Å². The third-order valence-electron chi connectivity index (χ3n) is 2.32. The van der Waals surface area contributed by atoms with Crippen LogP contribution in [0.1, 0.15) is 33.1 Å². The van der Waals surface area contributed by atoms with E-state index in [0.717, 1.165) is 12.8 Å². The Bertz CT molecular complexity index is 231. The molecule has 94 valence electrons. The highest BCUT2D eigenvalue weighted by molar-refractivity contribution is 5.87. The van der Waals surface area contributed by atoms with Gasteiger partial charge < -0.3 is 16.0 Å². The minimum absolute atomic E-state index is 0.0759. The van der Waals surface area contributed by atoms with Crippen LogP contribution in [0.25, 0.3) is 0 Å². The number of likely N-dealkylation sites (N-methyl/N-ethyl adjacent to an activating group) is 2. The zero-order chi connectivity index (χ0) is 12.6. The summed E-state index contributed by atoms with van der Waals surface area (Å²) in [5, 5.41) is 2.64. The number of nitrogens with zero attached hydrogens (tertiary/aromatic N) is 1. The lowest BCUT2D eigenvalue weighted by Gasteiger charge is -2.20. The SMILES string of the molecule is CCCC[C@H](N)C(=O)N(C)CC(=O)NCC. The molecule has 0 heterocycles. The van der Waals surface area contributed by atoms with Crippen LogP contribution < -0.4 is 11.1 Å². The maximum Gasteiger partial charge on any atom is 0.239 e. The number of carbonyl (C=O) groups is 2. The van der Waals surface area contributed by atoms with Crippen LogP contribution in [-0.2, 0) is 9.59 Å². The quantitative estimate of drug-likeness (QED) is 0.650. The first kappa shape index (κ1) is 14.9. The minimum Gasteiger partial charge on any atom is -0.355 e. The topological polar surface area (TPSA) is 75.4 Å². The van der Waals surface area contributed by atoms with E-state index in [0.29, 0.717) is 13.0 Å². The van der Waals surface area contributed by atoms with Crippen LogP contribution in [0.4, 0.5) is 0 Å². The zero-order valence-corrected chi connectivity index (χ0v) is 10.5. The van der Waals surface area contributed by atoms with Gasteiger partial charge in [0.1, 0.15) is 0 Å². The standard InChI is InChI=1S/C11H23N3O2/c1-4-6-7-9(12)11(16)14(3)8-10(15)13-5-2/h9H,4-8,12H2,1-3H3,(H,13,15)/t9-/m0/s1. The van der Waals surface area contributed by atoms with Gasteiger partial charge in [-0.15, -0.1) is 0 Å². The van der Waals surface area contributed by atoms with Gasteiger partial charge in [-0.05, 0) is 13.3 Å². The predicted molar refractivity (Wildman–Crippen MR) is 63.8 cm³/mol. The van der Waals surface area contributed by atoms with Crippen molar-refractivity contribution in [3.05, 3.63) is 0 Å². The molecule has 0 aromatic carbocycles. The van der Waals surface area contributed by atoms with Crippen LogP contribution in [-0.4, -0.2) is 42.9 Å². The first-order valence-electron chi connectivity index (χ1n) is 5.80. The lowest BCUT2D eigenvalue weighted by Crippen LogP contribution is -2.45. The van der Waals surface area contributed by atoms with Crippen molar-refractivity contribution in [3.63, 3.8) is 0 Å². The number of rotatable bonds is 7. The Kier molecular flexibility index (Phi) is 7.54. The number of amides is 2. The van der Waals surface area contributed by atoms with Crippen molar-refractivity contribution >= 4 is 11.8 Å². The van der Waals surface area contributed by atoms with Gasteiger partial charge in [-0.2, -0.15) is 0 Å². The number of unbranched alkanes of at least 4 members (excludes halogenated alkanes) is 1. The van der Waals surface area contributed by atoms with Gasteiger partial charge in [0.15, 0.2) is 0 Å². The highest BCUT2D eigenvalue weighted by Crippen LogP contribution is 2.01. The van der Waals surface area contributed by atoms with E-state index < -0.39 is 6.04 Å². The molecule has 3 N–H and O–H groups in total. The first-order chi connectivity index (χ1) is 7.52. The van der Waals surface area contributed by atoms with Gasteiger partial charge in [-0.3, -0.25) is 9.59 Å². The largest absolute Gasteiger partial charge is 0.355 e. The van der Waals surface area contributed by atoms with Crippen molar-refractivity contribution < 1.29 is 9.59 Å². The fraction of sp³-hybridized carbons (Fsp3) is 0.818. The molecule has 0 fully saturated rings. The number of hydrogen-bond donors (Lipinski definition) is 2. The zero-order valence-electron chi connectivity index (χ0n) is 10.5. The average Bonchev–Trinajstić information content (AvgIpc) is 2.24. The van der Waals surface area contributed by atoms with Gasteiger partial charge >= 0.3 is 0 Å². The van der Waals surface area contributed by atoms with Crippen molar-refractivity contribution in [2.24, 2.45) is 5.73 Å². The van der Waals surface area contributed by atoms with Gasteiger partial charge in [0, 0.05) is 13.6 Å². The number of hydrogen-bond acceptors (Lipinski definition) is 3. The lowest BCUT2D eigenvalue weighted by molar-refractivity contribution is -0.135. The van der Waals surface area contributed by atoms with Crippen LogP contribution >= 0.6 is 0 Å². The molecule has 0 radical (unpaired) electrons. The molecular weight excluding hydrogens is 206 g/mol. The minimum atomic E-state index is -0.487. The molecule has 0 spiro atoms. The molecule has 16 heavy (non-hydrogen) atoms. The highest BCUT2D eigenvalue weighted by Gasteiger charge is 2.18. The van der Waals surface area contributed by atoms with E-state index in [1.165, 1.54) is 4.90 Å². The summed E-state index contributed by atoms with van der Waals surface area (Å²) >= 11 is 0. The number of nitrogens with one attached hydrogen (secondary N) is 1. The molecule has 2 amide bonds. The van der Waals surface area contributed by atoms with E-state index in [9.17, 15) is 9.59 Å². The molecule has 0 bridgehead atoms. The Labute approximate surface area is 97.4 Å². The van der Waals surface area contributed by atoms with Crippen LogP contribution in [0.2, 0.25) is 0 Å². The van der Waals surface area contributed by atoms with Crippen LogP contribution in [0.3, 0.4) is 0 Å². The second kappa shape index (κ2) is 8.10. The van der Waals surface area contributed by atoms with E-state index in [1.54, 1.807) is 7.05 Å². The van der Waals surface area contributed by atoms with Crippen LogP contribution in [0, 0.1) is 0 Å². The summed E-state index contributed by atoms with van der Waals surface area (Å²) in [7, 11) is 1.60. The van der Waals surface area contributed by atoms with Gasteiger partial charge in [0.25, 0.3) is 0 Å². The monoisotopic (exact) mass is 229 g/mol. The maximum atomic E-state index is 11.7. The van der Waals surface area contributed by atoms with Gasteiger partial charge in [-0.25, -0.2) is 0 Å². The van der Waals surface area contributed by atoms with E-state index in [4.69, 9.17) is 5.73 Å². The molecule has 5 nitrogen and oxygen atoms in total. The maximum absolute atomic E-state index is 11.7. The Balaban J connectivity index is 4.01. The number of nitrogens with two attached hydrogens (primary N) is 1. The summed E-state index contributed by atoms with van der Waals surface area (Å²) in [6.07, 6.45) is 2.62. The van der Waals surface area contributed by atoms with Crippen molar-refractivity contribution in [2.45, 2.75) is 39.2 Å². The summed E-state index contributed by atoms with van der Waals surface area (Å²) in [5.74, 6) is -0.319. The summed E-state index contributed by atoms with van der Waals surface area (Å²) in [5.41, 5.74) is 5.73. The molecule has 1 atom stereocenters. The fourth-order valence-corrected chi connectivity index (χ4v) is 1.38. The van der Waals surface area contributed by atoms with Crippen molar-refractivity contribution in [3.8, 4) is 0 Å². The summed E-state index contributed by atoms with van der Waals surface area (Å²) in [4.78, 5) is 24.3. The average molecular weight is 229 g/mol. The van der Waals surface area contributed by atoms with Crippen molar-refractivity contribution in [2.75, 3.05) is 20.1 Å². The summed E-state index contributed by atoms with van der Waals surface area (Å²) in [6, 6.07) is -0.487. The van der Waals surface area contributed by atoms with Crippen LogP contribution in [0.15, 0.2) is 0 Å². The van der Waals surface area contributed by atoms with E-state index in [1.807, 2.05) is 6.92 Å². The molecule has 0 aromatic heterocycles. The molecule has 0 rings (SSSR count). The molecule has 0 aliphatic rings. The second-order valence-electron chi connectivity index (χ2n) is 3.90. The normalized spacial score (nSPS) is 12.0. The summed E-state index contributed by atoms with van der Waals surface area (Å²) < 4.78 is 0. The fourth-order valence-electron chi connectivity index (χ4n) is 1.38. The molecule has 0 saturated heterocycles. The molecule has 0 unspecified atom stereocenters. The van der Waals surface area contributed by atoms with Gasteiger partial charge in [-0.1, -0.05) is 19.8 Å². The van der Waals surface area contributed by atoms with Crippen LogP contribution in [0.5, 0.6) is 0 Å². The van der Waals surface area contributed by atoms with E-state index >= 15 is 0 Å². The smallest absolute Gasteiger partial charge is 0.239 e. The third-order valence-corrected chi connectivity index (χ3v) is 2.32. The second-order valence-corrected chi connectivity index (χ2v) is 3.90. The van der Waals surface area contributed by atoms with E-state index in [2.05, 4.69) is 12.2 Å². The first-order valence-corrected chi connectivity index (χ1v) is 5.80. The highest BCUT2D eigenvalue weighted by atomic mass is 16.2. The molecule has 0 aromatic rings.